The molecule has 0 unspecified atom stereocenters. The van der Waals surface area contributed by atoms with Crippen molar-refractivity contribution in [2.75, 3.05) is 90.1 Å². The highest BCUT2D eigenvalue weighted by molar-refractivity contribution is 6.34. The van der Waals surface area contributed by atoms with Crippen molar-refractivity contribution in [1.29, 1.82) is 0 Å². The predicted octanol–water partition coefficient (Wildman–Crippen LogP) is 13.3. The van der Waals surface area contributed by atoms with Gasteiger partial charge in [-0.1, -0.05) is 35.3 Å². The lowest BCUT2D eigenvalue weighted by Gasteiger charge is -2.37. The minimum Gasteiger partial charge on any atom is -0.378 e. The van der Waals surface area contributed by atoms with Crippen LogP contribution in [0.5, 0.6) is 0 Å². The predicted molar refractivity (Wildman–Crippen MR) is 262 cm³/mol. The molecule has 0 fully saturated rings. The number of anilines is 4. The number of hydrogen-bond donors (Lipinski definition) is 0. The van der Waals surface area contributed by atoms with Crippen LogP contribution in [0.2, 0.25) is 10.0 Å². The molecule has 0 amide bonds. The molecule has 0 aliphatic heterocycles. The summed E-state index contributed by atoms with van der Waals surface area (Å²) in [4.78, 5) is 8.58. The third-order valence-electron chi connectivity index (χ3n) is 12.1. The Hall–Kier alpha value is -4.98. The molecular formula is C51H62Cl2N6+2. The molecule has 0 saturated heterocycles. The summed E-state index contributed by atoms with van der Waals surface area (Å²) in [5.74, 6) is 0. The van der Waals surface area contributed by atoms with Crippen LogP contribution in [0, 0.1) is 27.7 Å². The number of rotatable bonds is 12. The van der Waals surface area contributed by atoms with E-state index in [9.17, 15) is 0 Å². The van der Waals surface area contributed by atoms with Crippen molar-refractivity contribution >= 4 is 80.1 Å². The van der Waals surface area contributed by atoms with Crippen LogP contribution < -0.4 is 28.6 Å². The van der Waals surface area contributed by atoms with Crippen LogP contribution in [-0.2, 0) is 6.42 Å². The first kappa shape index (κ1) is 43.6. The molecule has 0 N–H and O–H groups in total. The van der Waals surface area contributed by atoms with E-state index in [4.69, 9.17) is 23.2 Å². The van der Waals surface area contributed by atoms with Crippen molar-refractivity contribution in [3.63, 3.8) is 0 Å². The highest BCUT2D eigenvalue weighted by Crippen LogP contribution is 2.51. The zero-order chi connectivity index (χ0) is 43.1. The number of nitrogens with zero attached hydrogens (tertiary/aromatic N) is 6. The van der Waals surface area contributed by atoms with Crippen molar-refractivity contribution in [3.8, 4) is 0 Å². The van der Waals surface area contributed by atoms with Gasteiger partial charge >= 0.3 is 0 Å². The summed E-state index contributed by atoms with van der Waals surface area (Å²) in [6.45, 7) is 8.79. The topological polar surface area (TPSA) is 13.0 Å². The highest BCUT2D eigenvalue weighted by Gasteiger charge is 2.38. The van der Waals surface area contributed by atoms with E-state index in [0.717, 1.165) is 55.3 Å². The van der Waals surface area contributed by atoms with Crippen LogP contribution in [0.25, 0.3) is 0 Å². The van der Waals surface area contributed by atoms with Gasteiger partial charge in [0.15, 0.2) is 11.4 Å². The van der Waals surface area contributed by atoms with Crippen molar-refractivity contribution in [1.82, 2.24) is 8.97 Å². The summed E-state index contributed by atoms with van der Waals surface area (Å²) in [5.41, 5.74) is 18.4. The van der Waals surface area contributed by atoms with E-state index in [1.165, 1.54) is 45.0 Å². The lowest BCUT2D eigenvalue weighted by atomic mass is 9.99. The molecule has 6 rings (SSSR count). The van der Waals surface area contributed by atoms with E-state index in [1.54, 1.807) is 0 Å². The Kier molecular flexibility index (Phi) is 12.5. The zero-order valence-electron chi connectivity index (χ0n) is 37.5. The molecule has 6 nitrogen and oxygen atoms in total. The Bertz CT molecular complexity index is 2210. The van der Waals surface area contributed by atoms with Gasteiger partial charge < -0.3 is 19.6 Å². The maximum Gasteiger partial charge on any atom is 0.161 e. The fourth-order valence-electron chi connectivity index (χ4n) is 8.74. The maximum absolute atomic E-state index is 7.42. The molecule has 59 heavy (non-hydrogen) atoms. The molecule has 308 valence electrons. The first-order chi connectivity index (χ1) is 27.8. The van der Waals surface area contributed by atoms with E-state index in [1.807, 2.05) is 0 Å². The van der Waals surface area contributed by atoms with Gasteiger partial charge in [0.1, 0.15) is 32.8 Å². The van der Waals surface area contributed by atoms with E-state index in [0.29, 0.717) is 15.4 Å². The summed E-state index contributed by atoms with van der Waals surface area (Å²) in [6, 6.07) is 39.9. The summed E-state index contributed by atoms with van der Waals surface area (Å²) >= 11 is 14.8. The third-order valence-corrected chi connectivity index (χ3v) is 12.7. The van der Waals surface area contributed by atoms with E-state index < -0.39 is 0 Å². The second-order valence-corrected chi connectivity index (χ2v) is 18.0. The molecular weight excluding hydrogens is 768 g/mol. The Morgan fingerprint density at radius 3 is 0.797 bits per heavy atom. The van der Waals surface area contributed by atoms with Crippen molar-refractivity contribution < 1.29 is 0 Å². The van der Waals surface area contributed by atoms with Crippen molar-refractivity contribution in [3.05, 3.63) is 153 Å². The number of halogens is 2. The van der Waals surface area contributed by atoms with Crippen LogP contribution in [-0.4, -0.2) is 70.5 Å². The highest BCUT2D eigenvalue weighted by atomic mass is 35.5. The zero-order valence-corrected chi connectivity index (χ0v) is 39.1. The second-order valence-electron chi connectivity index (χ2n) is 17.2. The van der Waals surface area contributed by atoms with Gasteiger partial charge in [0.25, 0.3) is 0 Å². The SMILES string of the molecule is Cc1cc(N(C)C)ccc1[N+](C)(c1ccc(N(C)C)cc1C)c1ccc(Cc2ccc([N+](C)(c3ccc(N(C)C)cc3C)c3ccc(N(C)C)cc3C)c(Cl)c2)cc1Cl. The molecule has 0 aromatic heterocycles. The summed E-state index contributed by atoms with van der Waals surface area (Å²) in [5, 5.41) is 1.44. The summed E-state index contributed by atoms with van der Waals surface area (Å²) in [6.07, 6.45) is 0.688. The van der Waals surface area contributed by atoms with E-state index in [-0.39, 0.29) is 0 Å². The Morgan fingerprint density at radius 2 is 0.593 bits per heavy atom. The van der Waals surface area contributed by atoms with Crippen molar-refractivity contribution in [2.45, 2.75) is 34.1 Å². The van der Waals surface area contributed by atoms with Gasteiger partial charge in [-0.25, -0.2) is 8.97 Å². The molecule has 0 heterocycles. The number of benzene rings is 6. The summed E-state index contributed by atoms with van der Waals surface area (Å²) < 4.78 is 0.859. The van der Waals surface area contributed by atoms with Crippen molar-refractivity contribution in [2.24, 2.45) is 0 Å². The minimum atomic E-state index is 0.430. The lowest BCUT2D eigenvalue weighted by molar-refractivity contribution is 0.619. The smallest absolute Gasteiger partial charge is 0.161 e. The minimum absolute atomic E-state index is 0.430. The molecule has 0 saturated carbocycles. The monoisotopic (exact) mass is 828 g/mol. The van der Waals surface area contributed by atoms with Gasteiger partial charge in [-0.2, -0.15) is 0 Å². The molecule has 6 aromatic carbocycles. The maximum atomic E-state index is 7.42. The standard InChI is InChI=1S/C51H62Cl2N6/c1-34-27-40(54(5)6)17-23-46(34)58(13,47-24-18-41(55(7)8)28-35(47)2)50-21-15-38(32-44(50)52)31-39-16-22-51(45(53)33-39)59(14,48-25-19-42(56(9)10)29-36(48)3)49-26-20-43(57(11)12)30-37(49)4/h15-30,32-33H,31H2,1-14H3/q+2. The van der Waals surface area contributed by atoms with Crippen LogP contribution in [0.3, 0.4) is 0 Å². The second kappa shape index (κ2) is 16.9. The van der Waals surface area contributed by atoms with Gasteiger partial charge in [-0.15, -0.1) is 0 Å². The van der Waals surface area contributed by atoms with Gasteiger partial charge in [-0.3, -0.25) is 0 Å². The quantitative estimate of drug-likeness (QED) is 0.114. The lowest BCUT2D eigenvalue weighted by Crippen LogP contribution is -2.35. The fourth-order valence-corrected chi connectivity index (χ4v) is 9.48. The van der Waals surface area contributed by atoms with Crippen LogP contribution in [0.15, 0.2) is 109 Å². The Balaban J connectivity index is 1.42. The van der Waals surface area contributed by atoms with Crippen LogP contribution in [0.1, 0.15) is 33.4 Å². The average Bonchev–Trinajstić information content (AvgIpc) is 3.17. The first-order valence-electron chi connectivity index (χ1n) is 20.2. The number of aryl methyl sites for hydroxylation is 4. The van der Waals surface area contributed by atoms with Crippen LogP contribution in [0.4, 0.5) is 56.9 Å². The molecule has 8 heteroatoms. The van der Waals surface area contributed by atoms with Gasteiger partial charge in [0.2, 0.25) is 0 Å². The molecule has 0 spiro atoms. The summed E-state index contributed by atoms with van der Waals surface area (Å²) in [7, 11) is 21.2. The van der Waals surface area contributed by atoms with Gasteiger partial charge in [-0.05, 0) is 106 Å². The van der Waals surface area contributed by atoms with Gasteiger partial charge in [0, 0.05) is 138 Å². The largest absolute Gasteiger partial charge is 0.378 e. The van der Waals surface area contributed by atoms with Gasteiger partial charge in [0.05, 0.1) is 14.1 Å². The Morgan fingerprint density at radius 1 is 0.356 bits per heavy atom. The Labute approximate surface area is 364 Å². The average molecular weight is 830 g/mol. The molecule has 0 aliphatic rings. The van der Waals surface area contributed by atoms with E-state index >= 15 is 0 Å². The molecule has 0 bridgehead atoms. The molecule has 0 atom stereocenters. The molecule has 0 radical (unpaired) electrons. The fraction of sp³-hybridized carbons (Fsp3) is 0.294. The molecule has 6 aromatic rings. The normalized spacial score (nSPS) is 11.8. The molecule has 0 aliphatic carbocycles. The number of hydrogen-bond acceptors (Lipinski definition) is 4. The van der Waals surface area contributed by atoms with Crippen LogP contribution >= 0.6 is 23.2 Å². The first-order valence-corrected chi connectivity index (χ1v) is 21.0. The number of quaternary nitrogens is 2. The third kappa shape index (κ3) is 8.29. The van der Waals surface area contributed by atoms with E-state index in [2.05, 4.69) is 227 Å².